The van der Waals surface area contributed by atoms with Gasteiger partial charge in [-0.1, -0.05) is 0 Å². The van der Waals surface area contributed by atoms with Gasteiger partial charge < -0.3 is 33.5 Å². The summed E-state index contributed by atoms with van der Waals surface area (Å²) in [6.07, 6.45) is -7.84. The summed E-state index contributed by atoms with van der Waals surface area (Å²) in [5.41, 5.74) is 0. The molecule has 6 N–H and O–H groups in total. The summed E-state index contributed by atoms with van der Waals surface area (Å²) in [6.45, 7) is -0.843. The van der Waals surface area contributed by atoms with Crippen LogP contribution in [0.2, 0.25) is 0 Å². The molecule has 7 nitrogen and oxygen atoms in total. The van der Waals surface area contributed by atoms with E-state index in [9.17, 15) is 4.79 Å². The van der Waals surface area contributed by atoms with Crippen molar-refractivity contribution in [1.29, 1.82) is 0 Å². The van der Waals surface area contributed by atoms with Gasteiger partial charge in [-0.15, -0.1) is 0 Å². The zero-order valence-corrected chi connectivity index (χ0v) is 11.7. The molecule has 0 aromatic carbocycles. The molecule has 0 heterocycles. The number of carbonyl (C=O) groups is 1. The third kappa shape index (κ3) is 7.43. The molecule has 0 saturated carbocycles. The summed E-state index contributed by atoms with van der Waals surface area (Å²) in [5.74, 6) is -1.73. The average Bonchev–Trinajstić information content (AvgIpc) is 2.12. The van der Waals surface area contributed by atoms with Crippen molar-refractivity contribution >= 4 is 5.97 Å². The first kappa shape index (κ1) is 21.8. The van der Waals surface area contributed by atoms with Crippen LogP contribution in [0.15, 0.2) is 0 Å². The van der Waals surface area contributed by atoms with E-state index in [1.807, 2.05) is 0 Å². The standard InChI is InChI=1S/C6H12O7.K.Li.2H/c7-1-2(8)3(9)4(10)5(11)6(12)13;;;;/h2-5,7-11H,1H2,(H,12,13);;;;/q;2*+1;2*-1/t2-,3-,4+,5-;;;;/m1..../s1. The Morgan fingerprint density at radius 2 is 1.53 bits per heavy atom. The molecule has 82 valence electrons. The number of carboxylic acids is 1. The van der Waals surface area contributed by atoms with Crippen molar-refractivity contribution in [3.05, 3.63) is 0 Å². The molecule has 0 spiro atoms. The molecule has 0 radical (unpaired) electrons. The Morgan fingerprint density at radius 3 is 1.80 bits per heavy atom. The third-order valence-electron chi connectivity index (χ3n) is 1.51. The minimum Gasteiger partial charge on any atom is -1.00 e. The SMILES string of the molecule is O=C(O)[C@H](O)[C@@H](O)[C@H](O)[C@H](O)CO.[H-].[H-].[K+].[Li+]. The molecule has 0 aliphatic carbocycles. The molecular formula is C6H14KLiO7. The fourth-order valence-corrected chi connectivity index (χ4v) is 0.668. The molecule has 0 aliphatic rings. The maximum atomic E-state index is 10.1. The quantitative estimate of drug-likeness (QED) is 0.264. The second-order valence-corrected chi connectivity index (χ2v) is 2.51. The van der Waals surface area contributed by atoms with Crippen LogP contribution in [0.5, 0.6) is 0 Å². The first-order chi connectivity index (χ1) is 5.91. The van der Waals surface area contributed by atoms with Crippen molar-refractivity contribution in [3.8, 4) is 0 Å². The molecule has 0 rings (SSSR count). The van der Waals surface area contributed by atoms with E-state index in [2.05, 4.69) is 0 Å². The van der Waals surface area contributed by atoms with Crippen LogP contribution in [0.1, 0.15) is 2.85 Å². The van der Waals surface area contributed by atoms with Crippen LogP contribution in [-0.2, 0) is 4.79 Å². The number of aliphatic carboxylic acids is 1. The number of aliphatic hydroxyl groups is 5. The summed E-state index contributed by atoms with van der Waals surface area (Å²) < 4.78 is 0. The van der Waals surface area contributed by atoms with Crippen molar-refractivity contribution in [2.45, 2.75) is 24.4 Å². The Morgan fingerprint density at radius 1 is 1.13 bits per heavy atom. The van der Waals surface area contributed by atoms with Crippen molar-refractivity contribution in [2.75, 3.05) is 6.61 Å². The minimum absolute atomic E-state index is 0. The van der Waals surface area contributed by atoms with Gasteiger partial charge in [0.05, 0.1) is 6.61 Å². The second kappa shape index (κ2) is 10.6. The Kier molecular flexibility index (Phi) is 15.4. The van der Waals surface area contributed by atoms with Gasteiger partial charge in [0.15, 0.2) is 6.10 Å². The predicted octanol–water partition coefficient (Wildman–Crippen LogP) is -9.26. The molecule has 0 fully saturated rings. The molecule has 0 unspecified atom stereocenters. The zero-order valence-electron chi connectivity index (χ0n) is 10.6. The van der Waals surface area contributed by atoms with Crippen LogP contribution in [-0.4, -0.2) is 67.6 Å². The van der Waals surface area contributed by atoms with Crippen LogP contribution < -0.4 is 70.2 Å². The van der Waals surface area contributed by atoms with E-state index >= 15 is 0 Å². The first-order valence-corrected chi connectivity index (χ1v) is 3.47. The monoisotopic (exact) mass is 244 g/mol. The number of hydrogen-bond acceptors (Lipinski definition) is 6. The Hall–Kier alpha value is 1.50. The molecule has 0 aromatic rings. The zero-order chi connectivity index (χ0) is 10.6. The molecular weight excluding hydrogens is 230 g/mol. The molecule has 0 aromatic heterocycles. The predicted molar refractivity (Wildman–Crippen MR) is 41.0 cm³/mol. The Balaban J connectivity index is -0.000000120. The van der Waals surface area contributed by atoms with E-state index in [-0.39, 0.29) is 73.1 Å². The Bertz CT molecular complexity index is 190. The largest absolute Gasteiger partial charge is 1.00 e. The first-order valence-electron chi connectivity index (χ1n) is 3.47. The van der Waals surface area contributed by atoms with Crippen molar-refractivity contribution in [2.24, 2.45) is 0 Å². The minimum atomic E-state index is -2.20. The van der Waals surface area contributed by atoms with Gasteiger partial charge in [0, 0.05) is 0 Å². The van der Waals surface area contributed by atoms with Crippen molar-refractivity contribution in [1.82, 2.24) is 0 Å². The van der Waals surface area contributed by atoms with Crippen LogP contribution >= 0.6 is 0 Å². The summed E-state index contributed by atoms with van der Waals surface area (Å²) in [6, 6.07) is 0. The van der Waals surface area contributed by atoms with Crippen LogP contribution in [0.4, 0.5) is 0 Å². The van der Waals surface area contributed by atoms with Crippen molar-refractivity contribution in [3.63, 3.8) is 0 Å². The van der Waals surface area contributed by atoms with E-state index in [0.29, 0.717) is 0 Å². The fourth-order valence-electron chi connectivity index (χ4n) is 0.668. The van der Waals surface area contributed by atoms with Gasteiger partial charge in [-0.05, 0) is 0 Å². The van der Waals surface area contributed by atoms with Gasteiger partial charge in [-0.3, -0.25) is 0 Å². The topological polar surface area (TPSA) is 138 Å². The van der Waals surface area contributed by atoms with E-state index in [1.54, 1.807) is 0 Å². The van der Waals surface area contributed by atoms with Gasteiger partial charge >= 0.3 is 76.2 Å². The number of hydrogen-bond donors (Lipinski definition) is 6. The van der Waals surface area contributed by atoms with E-state index < -0.39 is 37.0 Å². The summed E-state index contributed by atoms with van der Waals surface area (Å²) in [5, 5.41) is 51.8. The van der Waals surface area contributed by atoms with Gasteiger partial charge in [-0.25, -0.2) is 4.79 Å². The smallest absolute Gasteiger partial charge is 1.00 e. The molecule has 4 atom stereocenters. The summed E-state index contributed by atoms with van der Waals surface area (Å²) in [4.78, 5) is 10.1. The van der Waals surface area contributed by atoms with E-state index in [4.69, 9.17) is 30.6 Å². The van der Waals surface area contributed by atoms with Crippen LogP contribution in [0, 0.1) is 0 Å². The molecule has 15 heavy (non-hydrogen) atoms. The molecule has 9 heteroatoms. The van der Waals surface area contributed by atoms with Crippen LogP contribution in [0.25, 0.3) is 0 Å². The van der Waals surface area contributed by atoms with E-state index in [1.165, 1.54) is 0 Å². The number of aliphatic hydroxyl groups excluding tert-OH is 5. The van der Waals surface area contributed by atoms with Gasteiger partial charge in [0.25, 0.3) is 0 Å². The van der Waals surface area contributed by atoms with Crippen LogP contribution in [0.3, 0.4) is 0 Å². The van der Waals surface area contributed by atoms with Crippen molar-refractivity contribution < 1.29 is 109 Å². The average molecular weight is 244 g/mol. The number of carboxylic acid groups (broad SMARTS) is 1. The molecule has 0 saturated heterocycles. The summed E-state index contributed by atoms with van der Waals surface area (Å²) in [7, 11) is 0. The van der Waals surface area contributed by atoms with Gasteiger partial charge in [-0.2, -0.15) is 0 Å². The summed E-state index contributed by atoms with van der Waals surface area (Å²) >= 11 is 0. The fraction of sp³-hybridized carbons (Fsp3) is 0.833. The normalized spacial score (nSPS) is 17.7. The second-order valence-electron chi connectivity index (χ2n) is 2.51. The van der Waals surface area contributed by atoms with Gasteiger partial charge in [0.2, 0.25) is 0 Å². The maximum Gasteiger partial charge on any atom is 1.00 e. The molecule has 0 aliphatic heterocycles. The Labute approximate surface area is 144 Å². The molecule has 0 bridgehead atoms. The number of rotatable bonds is 5. The van der Waals surface area contributed by atoms with Gasteiger partial charge in [0.1, 0.15) is 18.3 Å². The van der Waals surface area contributed by atoms with E-state index in [0.717, 1.165) is 0 Å². The maximum absolute atomic E-state index is 10.1. The molecule has 0 amide bonds. The third-order valence-corrected chi connectivity index (χ3v) is 1.51.